The van der Waals surface area contributed by atoms with Gasteiger partial charge < -0.3 is 9.73 Å². The number of anilines is 1. The maximum atomic E-state index is 13.5. The summed E-state index contributed by atoms with van der Waals surface area (Å²) in [5.74, 6) is -1.57. The Kier molecular flexibility index (Phi) is 5.32. The van der Waals surface area contributed by atoms with Gasteiger partial charge in [0.25, 0.3) is 5.22 Å². The van der Waals surface area contributed by atoms with E-state index in [2.05, 4.69) is 15.5 Å². The summed E-state index contributed by atoms with van der Waals surface area (Å²) >= 11 is 1.01. The average Bonchev–Trinajstić information content (AvgIpc) is 3.04. The molecule has 3 aromatic rings. The van der Waals surface area contributed by atoms with Gasteiger partial charge in [0.15, 0.2) is 0 Å². The fourth-order valence-electron chi connectivity index (χ4n) is 2.39. The number of hydrogen-bond donors (Lipinski definition) is 1. The molecular formula is C18H15F2N3O2S. The van der Waals surface area contributed by atoms with E-state index in [-0.39, 0.29) is 16.7 Å². The van der Waals surface area contributed by atoms with Gasteiger partial charge in [-0.25, -0.2) is 8.78 Å². The van der Waals surface area contributed by atoms with Crippen molar-refractivity contribution in [1.29, 1.82) is 0 Å². The lowest BCUT2D eigenvalue weighted by atomic mass is 10.1. The summed E-state index contributed by atoms with van der Waals surface area (Å²) in [6.07, 6.45) is 0. The molecule has 1 heterocycles. The van der Waals surface area contributed by atoms with Crippen molar-refractivity contribution in [2.45, 2.75) is 19.1 Å². The van der Waals surface area contributed by atoms with Gasteiger partial charge in [0.05, 0.1) is 11.4 Å². The normalized spacial score (nSPS) is 10.8. The molecule has 0 spiro atoms. The van der Waals surface area contributed by atoms with E-state index in [1.807, 2.05) is 32.0 Å². The zero-order valence-electron chi connectivity index (χ0n) is 14.0. The second-order valence-electron chi connectivity index (χ2n) is 5.71. The molecule has 0 unspecified atom stereocenters. The minimum atomic E-state index is -0.709. The van der Waals surface area contributed by atoms with Crippen LogP contribution in [0.2, 0.25) is 0 Å². The lowest BCUT2D eigenvalue weighted by Crippen LogP contribution is -2.15. The molecule has 0 aliphatic heterocycles. The van der Waals surface area contributed by atoms with Crippen LogP contribution in [0.1, 0.15) is 11.1 Å². The number of aromatic nitrogens is 2. The fourth-order valence-corrected chi connectivity index (χ4v) is 2.95. The molecule has 0 bridgehead atoms. The van der Waals surface area contributed by atoms with Crippen molar-refractivity contribution in [2.75, 3.05) is 11.1 Å². The second-order valence-corrected chi connectivity index (χ2v) is 6.64. The molecule has 0 fully saturated rings. The Morgan fingerprint density at radius 1 is 1.12 bits per heavy atom. The van der Waals surface area contributed by atoms with Gasteiger partial charge in [-0.2, -0.15) is 0 Å². The third kappa shape index (κ3) is 4.45. The second kappa shape index (κ2) is 7.65. The largest absolute Gasteiger partial charge is 0.411 e. The van der Waals surface area contributed by atoms with Crippen molar-refractivity contribution >= 4 is 23.4 Å². The number of nitrogens with one attached hydrogen (secondary N) is 1. The monoisotopic (exact) mass is 375 g/mol. The Hall–Kier alpha value is -2.74. The predicted molar refractivity (Wildman–Crippen MR) is 94.9 cm³/mol. The zero-order valence-corrected chi connectivity index (χ0v) is 14.9. The number of nitrogens with zero attached hydrogens (tertiary/aromatic N) is 2. The van der Waals surface area contributed by atoms with Crippen LogP contribution in [0.15, 0.2) is 46.0 Å². The summed E-state index contributed by atoms with van der Waals surface area (Å²) in [7, 11) is 0. The molecule has 1 N–H and O–H groups in total. The number of benzene rings is 2. The van der Waals surface area contributed by atoms with E-state index in [0.717, 1.165) is 46.7 Å². The Morgan fingerprint density at radius 3 is 2.58 bits per heavy atom. The van der Waals surface area contributed by atoms with Gasteiger partial charge in [0, 0.05) is 11.6 Å². The zero-order chi connectivity index (χ0) is 18.7. The highest BCUT2D eigenvalue weighted by molar-refractivity contribution is 7.99. The molecule has 0 radical (unpaired) electrons. The lowest BCUT2D eigenvalue weighted by molar-refractivity contribution is -0.113. The van der Waals surface area contributed by atoms with Crippen LogP contribution in [0.25, 0.3) is 11.5 Å². The van der Waals surface area contributed by atoms with Gasteiger partial charge in [0.1, 0.15) is 11.6 Å². The minimum absolute atomic E-state index is 0.0789. The van der Waals surface area contributed by atoms with Crippen molar-refractivity contribution in [2.24, 2.45) is 0 Å². The molecule has 134 valence electrons. The number of rotatable bonds is 5. The number of thioether (sulfide) groups is 1. The maximum absolute atomic E-state index is 13.5. The minimum Gasteiger partial charge on any atom is -0.411 e. The van der Waals surface area contributed by atoms with Gasteiger partial charge in [-0.05, 0) is 38.1 Å². The first-order valence-electron chi connectivity index (χ1n) is 7.70. The fraction of sp³-hybridized carbons (Fsp3) is 0.167. The average molecular weight is 375 g/mol. The molecule has 8 heteroatoms. The van der Waals surface area contributed by atoms with Crippen LogP contribution in [-0.2, 0) is 4.79 Å². The Morgan fingerprint density at radius 2 is 1.85 bits per heavy atom. The summed E-state index contributed by atoms with van der Waals surface area (Å²) in [4.78, 5) is 11.9. The van der Waals surface area contributed by atoms with Crippen LogP contribution in [0.4, 0.5) is 14.5 Å². The highest BCUT2D eigenvalue weighted by atomic mass is 32.2. The Bertz CT molecular complexity index is 939. The van der Waals surface area contributed by atoms with Gasteiger partial charge >= 0.3 is 0 Å². The number of halogens is 2. The first-order valence-corrected chi connectivity index (χ1v) is 8.69. The quantitative estimate of drug-likeness (QED) is 0.671. The summed E-state index contributed by atoms with van der Waals surface area (Å²) < 4.78 is 32.2. The topological polar surface area (TPSA) is 68.0 Å². The number of aryl methyl sites for hydroxylation is 2. The van der Waals surface area contributed by atoms with Crippen molar-refractivity contribution in [3.05, 3.63) is 59.2 Å². The van der Waals surface area contributed by atoms with Crippen molar-refractivity contribution < 1.29 is 18.0 Å². The molecular weight excluding hydrogens is 360 g/mol. The van der Waals surface area contributed by atoms with Crippen LogP contribution in [0.5, 0.6) is 0 Å². The summed E-state index contributed by atoms with van der Waals surface area (Å²) in [5, 5.41) is 10.4. The van der Waals surface area contributed by atoms with Gasteiger partial charge in [-0.15, -0.1) is 10.2 Å². The molecule has 0 aliphatic carbocycles. The molecule has 0 saturated carbocycles. The lowest BCUT2D eigenvalue weighted by Gasteiger charge is -2.05. The van der Waals surface area contributed by atoms with Crippen LogP contribution >= 0.6 is 11.8 Å². The molecule has 1 amide bonds. The molecule has 3 rings (SSSR count). The predicted octanol–water partition coefficient (Wildman–Crippen LogP) is 4.36. The van der Waals surface area contributed by atoms with Gasteiger partial charge in [0.2, 0.25) is 11.8 Å². The maximum Gasteiger partial charge on any atom is 0.277 e. The first-order chi connectivity index (χ1) is 12.4. The van der Waals surface area contributed by atoms with E-state index in [4.69, 9.17) is 4.42 Å². The number of carbonyl (C=O) groups excluding carboxylic acids is 1. The molecule has 0 atom stereocenters. The van der Waals surface area contributed by atoms with Crippen molar-refractivity contribution in [1.82, 2.24) is 10.2 Å². The smallest absolute Gasteiger partial charge is 0.277 e. The van der Waals surface area contributed by atoms with E-state index in [1.165, 1.54) is 0 Å². The first kappa shape index (κ1) is 18.1. The number of carbonyl (C=O) groups is 1. The SMILES string of the molecule is Cc1cc(C)cc(-c2nnc(SCC(=O)Nc3cc(F)ccc3F)o2)c1. The molecule has 1 aromatic heterocycles. The third-order valence-electron chi connectivity index (χ3n) is 3.40. The standard InChI is InChI=1S/C18H15F2N3O2S/c1-10-5-11(2)7-12(6-10)17-22-23-18(25-17)26-9-16(24)21-15-8-13(19)3-4-14(15)20/h3-8H,9H2,1-2H3,(H,21,24). The van der Waals surface area contributed by atoms with Gasteiger partial charge in [-0.1, -0.05) is 29.0 Å². The molecule has 0 saturated heterocycles. The van der Waals surface area contributed by atoms with Crippen LogP contribution < -0.4 is 5.32 Å². The highest BCUT2D eigenvalue weighted by Crippen LogP contribution is 2.25. The Balaban J connectivity index is 1.62. The highest BCUT2D eigenvalue weighted by Gasteiger charge is 2.13. The molecule has 5 nitrogen and oxygen atoms in total. The number of amides is 1. The van der Waals surface area contributed by atoms with E-state index < -0.39 is 17.5 Å². The van der Waals surface area contributed by atoms with Crippen LogP contribution in [-0.4, -0.2) is 21.9 Å². The molecule has 0 aliphatic rings. The Labute approximate surface area is 152 Å². The molecule has 26 heavy (non-hydrogen) atoms. The summed E-state index contributed by atoms with van der Waals surface area (Å²) in [6, 6.07) is 8.73. The van der Waals surface area contributed by atoms with Crippen molar-refractivity contribution in [3.8, 4) is 11.5 Å². The van der Waals surface area contributed by atoms with Crippen LogP contribution in [0.3, 0.4) is 0 Å². The molecule has 2 aromatic carbocycles. The summed E-state index contributed by atoms with van der Waals surface area (Å²) in [5.41, 5.74) is 2.73. The van der Waals surface area contributed by atoms with Crippen molar-refractivity contribution in [3.63, 3.8) is 0 Å². The van der Waals surface area contributed by atoms with Gasteiger partial charge in [-0.3, -0.25) is 4.79 Å². The van der Waals surface area contributed by atoms with E-state index in [0.29, 0.717) is 5.89 Å². The van der Waals surface area contributed by atoms with E-state index >= 15 is 0 Å². The summed E-state index contributed by atoms with van der Waals surface area (Å²) in [6.45, 7) is 3.94. The van der Waals surface area contributed by atoms with E-state index in [9.17, 15) is 13.6 Å². The van der Waals surface area contributed by atoms with E-state index in [1.54, 1.807) is 0 Å². The van der Waals surface area contributed by atoms with Crippen LogP contribution in [0, 0.1) is 25.5 Å². The number of hydrogen-bond acceptors (Lipinski definition) is 5. The third-order valence-corrected chi connectivity index (χ3v) is 4.22.